The van der Waals surface area contributed by atoms with Crippen molar-refractivity contribution in [3.8, 4) is 22.3 Å². The average Bonchev–Trinajstić information content (AvgIpc) is 3.88. The third-order valence-corrected chi connectivity index (χ3v) is 16.1. The molecular weight excluding hydrogens is 762 g/mol. The molecule has 0 saturated heterocycles. The summed E-state index contributed by atoms with van der Waals surface area (Å²) in [5, 5.41) is 18.5. The maximum Gasteiger partial charge on any atom is 0.192 e. The SMILES string of the molecule is CO.CO.Cc1nc2c(-c3ccc(P(=O)(c4ccccc4)c4ccccc4)cc3)c3oc(C)nc3c(-c3ccc(P(=O)(c4ccccc4)c4ccccc4)cc3)c2o1. The summed E-state index contributed by atoms with van der Waals surface area (Å²) in [6.07, 6.45) is 0. The van der Waals surface area contributed by atoms with Gasteiger partial charge in [0, 0.05) is 59.9 Å². The highest BCUT2D eigenvalue weighted by Gasteiger charge is 2.32. The largest absolute Gasteiger partial charge is 0.440 e. The zero-order valence-electron chi connectivity index (χ0n) is 32.5. The van der Waals surface area contributed by atoms with Crippen molar-refractivity contribution in [1.82, 2.24) is 9.97 Å². The zero-order valence-corrected chi connectivity index (χ0v) is 34.3. The molecular formula is C48H42N2O6P2. The first-order valence-electron chi connectivity index (χ1n) is 18.6. The lowest BCUT2D eigenvalue weighted by atomic mass is 9.96. The Hall–Kier alpha value is -6.14. The van der Waals surface area contributed by atoms with Crippen molar-refractivity contribution in [3.05, 3.63) is 182 Å². The van der Waals surface area contributed by atoms with E-state index in [0.717, 1.165) is 68.3 Å². The maximum absolute atomic E-state index is 15.1. The van der Waals surface area contributed by atoms with Gasteiger partial charge in [-0.15, -0.1) is 0 Å². The Balaban J connectivity index is 0.00000124. The first-order chi connectivity index (χ1) is 28.4. The zero-order chi connectivity index (χ0) is 40.9. The highest BCUT2D eigenvalue weighted by atomic mass is 31.2. The summed E-state index contributed by atoms with van der Waals surface area (Å²) in [6.45, 7) is 3.65. The van der Waals surface area contributed by atoms with E-state index < -0.39 is 14.3 Å². The minimum atomic E-state index is -3.17. The van der Waals surface area contributed by atoms with Crippen LogP contribution in [0.3, 0.4) is 0 Å². The van der Waals surface area contributed by atoms with Crippen molar-refractivity contribution in [3.63, 3.8) is 0 Å². The molecule has 0 unspecified atom stereocenters. The molecule has 10 heteroatoms. The maximum atomic E-state index is 15.1. The van der Waals surface area contributed by atoms with Gasteiger partial charge in [0.05, 0.1) is 11.1 Å². The lowest BCUT2D eigenvalue weighted by Gasteiger charge is -2.20. The van der Waals surface area contributed by atoms with Gasteiger partial charge in [-0.05, 0) is 11.1 Å². The highest BCUT2D eigenvalue weighted by Crippen LogP contribution is 2.47. The Morgan fingerprint density at radius 1 is 0.379 bits per heavy atom. The normalized spacial score (nSPS) is 11.4. The third kappa shape index (κ3) is 7.06. The quantitative estimate of drug-likeness (QED) is 0.147. The molecule has 290 valence electrons. The van der Waals surface area contributed by atoms with Gasteiger partial charge < -0.3 is 28.2 Å². The van der Waals surface area contributed by atoms with Crippen molar-refractivity contribution in [1.29, 1.82) is 0 Å². The van der Waals surface area contributed by atoms with Gasteiger partial charge in [0.25, 0.3) is 0 Å². The summed E-state index contributed by atoms with van der Waals surface area (Å²) >= 11 is 0. The van der Waals surface area contributed by atoms with Crippen LogP contribution in [0.2, 0.25) is 0 Å². The predicted molar refractivity (Wildman–Crippen MR) is 237 cm³/mol. The van der Waals surface area contributed by atoms with Crippen LogP contribution in [0, 0.1) is 13.8 Å². The number of rotatable bonds is 8. The molecule has 2 aromatic heterocycles. The molecule has 0 atom stereocenters. The van der Waals surface area contributed by atoms with Crippen LogP contribution in [0.25, 0.3) is 44.5 Å². The van der Waals surface area contributed by atoms with Crippen molar-refractivity contribution in [2.24, 2.45) is 0 Å². The fourth-order valence-electron chi connectivity index (χ4n) is 7.40. The molecule has 0 aliphatic carbocycles. The van der Waals surface area contributed by atoms with E-state index >= 15 is 9.13 Å². The summed E-state index contributed by atoms with van der Waals surface area (Å²) in [6, 6.07) is 54.2. The Kier molecular flexibility index (Phi) is 11.8. The number of aryl methyl sites for hydroxylation is 2. The molecule has 0 aliphatic rings. The van der Waals surface area contributed by atoms with Crippen molar-refractivity contribution in [2.75, 3.05) is 14.2 Å². The van der Waals surface area contributed by atoms with E-state index in [1.165, 1.54) is 0 Å². The smallest absolute Gasteiger partial charge is 0.192 e. The molecule has 0 fully saturated rings. The van der Waals surface area contributed by atoms with E-state index in [0.29, 0.717) is 34.0 Å². The summed E-state index contributed by atoms with van der Waals surface area (Å²) in [7, 11) is -4.34. The van der Waals surface area contributed by atoms with Crippen LogP contribution in [0.5, 0.6) is 0 Å². The molecule has 0 amide bonds. The van der Waals surface area contributed by atoms with E-state index in [9.17, 15) is 0 Å². The van der Waals surface area contributed by atoms with Gasteiger partial charge in [-0.2, -0.15) is 0 Å². The second kappa shape index (κ2) is 17.2. The van der Waals surface area contributed by atoms with Crippen molar-refractivity contribution < 1.29 is 28.2 Å². The molecule has 7 aromatic carbocycles. The number of fused-ring (bicyclic) bond motifs is 2. The van der Waals surface area contributed by atoms with E-state index in [1.54, 1.807) is 0 Å². The van der Waals surface area contributed by atoms with E-state index in [-0.39, 0.29) is 0 Å². The van der Waals surface area contributed by atoms with Crippen LogP contribution < -0.4 is 31.8 Å². The molecule has 0 saturated carbocycles. The Labute approximate surface area is 337 Å². The number of oxazole rings is 2. The molecule has 0 aliphatic heterocycles. The predicted octanol–water partition coefficient (Wildman–Crippen LogP) is 8.42. The molecule has 58 heavy (non-hydrogen) atoms. The molecule has 0 bridgehead atoms. The summed E-state index contributed by atoms with van der Waals surface area (Å²) < 4.78 is 42.9. The number of benzene rings is 7. The number of aromatic nitrogens is 2. The van der Waals surface area contributed by atoms with E-state index in [4.69, 9.17) is 29.0 Å². The van der Waals surface area contributed by atoms with Crippen LogP contribution in [0.15, 0.2) is 179 Å². The summed E-state index contributed by atoms with van der Waals surface area (Å²) in [5.74, 6) is 1.00. The van der Waals surface area contributed by atoms with Gasteiger partial charge in [-0.1, -0.05) is 170 Å². The monoisotopic (exact) mass is 804 g/mol. The average molecular weight is 805 g/mol. The van der Waals surface area contributed by atoms with Crippen LogP contribution in [-0.2, 0) is 9.13 Å². The molecule has 2 N–H and O–H groups in total. The van der Waals surface area contributed by atoms with Gasteiger partial charge >= 0.3 is 0 Å². The molecule has 0 radical (unpaired) electrons. The highest BCUT2D eigenvalue weighted by molar-refractivity contribution is 7.85. The minimum absolute atomic E-state index is 0.500. The van der Waals surface area contributed by atoms with Crippen LogP contribution in [0.4, 0.5) is 0 Å². The third-order valence-electron chi connectivity index (χ3n) is 9.91. The number of aliphatic hydroxyl groups is 2. The second-order valence-electron chi connectivity index (χ2n) is 13.2. The van der Waals surface area contributed by atoms with Crippen LogP contribution in [-0.4, -0.2) is 34.4 Å². The number of aliphatic hydroxyl groups excluding tert-OH is 2. The fourth-order valence-corrected chi connectivity index (χ4v) is 12.7. The number of hydrogen-bond acceptors (Lipinski definition) is 8. The molecule has 2 heterocycles. The lowest BCUT2D eigenvalue weighted by molar-refractivity contribution is 0.399. The Bertz CT molecular complexity index is 2540. The first-order valence-corrected chi connectivity index (χ1v) is 22.0. The second-order valence-corrected chi connectivity index (χ2v) is 18.8. The molecule has 9 rings (SSSR count). The van der Waals surface area contributed by atoms with Crippen LogP contribution in [0.1, 0.15) is 11.8 Å². The van der Waals surface area contributed by atoms with Gasteiger partial charge in [0.15, 0.2) is 37.2 Å². The number of nitrogens with zero attached hydrogens (tertiary/aromatic N) is 2. The standard InChI is InChI=1S/C46H34N2O4P2.2CH4O/c1-31-47-43-41(33-23-27-39(28-24-33)53(49,35-15-7-3-8-16-35)36-17-9-4-10-18-36)46-44(48-32(2)52-46)42(45(43)51-31)34-25-29-40(30-26-34)54(50,37-19-11-5-12-20-37)38-21-13-6-14-22-38;2*1-2/h3-30H,1-2H3;2*2H,1H3. The Morgan fingerprint density at radius 3 is 0.879 bits per heavy atom. The first kappa shape index (κ1) is 40.1. The van der Waals surface area contributed by atoms with Gasteiger partial charge in [0.1, 0.15) is 11.0 Å². The Morgan fingerprint density at radius 2 is 0.621 bits per heavy atom. The summed E-state index contributed by atoms with van der Waals surface area (Å²) in [4.78, 5) is 9.77. The van der Waals surface area contributed by atoms with Crippen LogP contribution >= 0.6 is 14.3 Å². The van der Waals surface area contributed by atoms with Gasteiger partial charge in [-0.3, -0.25) is 0 Å². The van der Waals surface area contributed by atoms with Gasteiger partial charge in [-0.25, -0.2) is 9.97 Å². The molecule has 9 aromatic rings. The lowest BCUT2D eigenvalue weighted by Crippen LogP contribution is -2.24. The van der Waals surface area contributed by atoms with Crippen molar-refractivity contribution in [2.45, 2.75) is 13.8 Å². The topological polar surface area (TPSA) is 127 Å². The fraction of sp³-hybridized carbons (Fsp3) is 0.0833. The van der Waals surface area contributed by atoms with Gasteiger partial charge in [0.2, 0.25) is 0 Å². The number of hydrogen-bond donors (Lipinski definition) is 2. The van der Waals surface area contributed by atoms with E-state index in [2.05, 4.69) is 0 Å². The molecule has 0 spiro atoms. The van der Waals surface area contributed by atoms with E-state index in [1.807, 2.05) is 184 Å². The molecule has 8 nitrogen and oxygen atoms in total. The van der Waals surface area contributed by atoms with Crippen molar-refractivity contribution >= 4 is 68.3 Å². The minimum Gasteiger partial charge on any atom is -0.440 e. The summed E-state index contributed by atoms with van der Waals surface area (Å²) in [5.41, 5.74) is 5.59.